The smallest absolute Gasteiger partial charge is 0.254 e. The predicted octanol–water partition coefficient (Wildman–Crippen LogP) is 3.54. The number of amides is 1. The quantitative estimate of drug-likeness (QED) is 0.723. The molecule has 6 rings (SSSR count). The summed E-state index contributed by atoms with van der Waals surface area (Å²) < 4.78 is 0. The van der Waals surface area contributed by atoms with Gasteiger partial charge in [0.15, 0.2) is 5.84 Å². The van der Waals surface area contributed by atoms with Gasteiger partial charge in [0.2, 0.25) is 0 Å². The van der Waals surface area contributed by atoms with E-state index < -0.39 is 0 Å². The Morgan fingerprint density at radius 2 is 1.70 bits per heavy atom. The van der Waals surface area contributed by atoms with Crippen molar-refractivity contribution in [1.82, 2.24) is 5.01 Å². The van der Waals surface area contributed by atoms with Gasteiger partial charge in [-0.05, 0) is 19.3 Å². The number of carbonyl (C=O) groups excluding carboxylic acids is 1. The van der Waals surface area contributed by atoms with Gasteiger partial charge in [-0.3, -0.25) is 9.79 Å². The van der Waals surface area contributed by atoms with Crippen LogP contribution in [0.3, 0.4) is 0 Å². The number of carbonyl (C=O) groups is 1. The highest BCUT2D eigenvalue weighted by molar-refractivity contribution is 6.24. The van der Waals surface area contributed by atoms with E-state index in [2.05, 4.69) is 55.5 Å². The van der Waals surface area contributed by atoms with E-state index in [1.165, 1.54) is 5.56 Å². The van der Waals surface area contributed by atoms with Crippen molar-refractivity contribution < 1.29 is 4.79 Å². The molecule has 1 amide bonds. The summed E-state index contributed by atoms with van der Waals surface area (Å²) in [5.41, 5.74) is 5.11. The van der Waals surface area contributed by atoms with Crippen molar-refractivity contribution >= 4 is 17.5 Å². The molecule has 27 heavy (non-hydrogen) atoms. The number of hydrogen-bond acceptors (Lipinski definition) is 3. The molecule has 1 saturated carbocycles. The van der Waals surface area contributed by atoms with E-state index in [4.69, 9.17) is 10.1 Å². The highest BCUT2D eigenvalue weighted by Crippen LogP contribution is 2.48. The Labute approximate surface area is 157 Å². The number of hydrogen-bond donors (Lipinski definition) is 0. The summed E-state index contributed by atoms with van der Waals surface area (Å²) in [5.74, 6) is 1.47. The molecule has 2 bridgehead atoms. The third-order valence-corrected chi connectivity index (χ3v) is 6.33. The van der Waals surface area contributed by atoms with Crippen molar-refractivity contribution in [3.8, 4) is 0 Å². The van der Waals surface area contributed by atoms with Crippen molar-refractivity contribution in [2.24, 2.45) is 27.8 Å². The number of hydrazone groups is 1. The van der Waals surface area contributed by atoms with E-state index in [0.717, 1.165) is 28.8 Å². The van der Waals surface area contributed by atoms with Crippen LogP contribution in [-0.4, -0.2) is 28.5 Å². The maximum absolute atomic E-state index is 13.4. The van der Waals surface area contributed by atoms with E-state index in [-0.39, 0.29) is 17.9 Å². The highest BCUT2D eigenvalue weighted by atomic mass is 16.2. The van der Waals surface area contributed by atoms with Gasteiger partial charge >= 0.3 is 0 Å². The fourth-order valence-electron chi connectivity index (χ4n) is 4.99. The Morgan fingerprint density at radius 3 is 2.52 bits per heavy atom. The molecule has 0 spiro atoms. The number of fused-ring (bicyclic) bond motifs is 8. The number of nitrogens with zero attached hydrogens (tertiary/aromatic N) is 3. The average molecular weight is 353 g/mol. The zero-order chi connectivity index (χ0) is 18.1. The number of amidine groups is 1. The highest BCUT2D eigenvalue weighted by Gasteiger charge is 2.53. The lowest BCUT2D eigenvalue weighted by molar-refractivity contribution is -0.133. The molecule has 2 aromatic carbocycles. The first kappa shape index (κ1) is 15.1. The first-order valence-electron chi connectivity index (χ1n) is 9.56. The first-order chi connectivity index (χ1) is 13.2. The molecular weight excluding hydrogens is 334 g/mol. The molecule has 4 heteroatoms. The van der Waals surface area contributed by atoms with Gasteiger partial charge in [-0.2, -0.15) is 10.1 Å². The maximum Gasteiger partial charge on any atom is 0.254 e. The molecule has 0 unspecified atom stereocenters. The summed E-state index contributed by atoms with van der Waals surface area (Å²) in [6.45, 7) is 2.07. The SMILES string of the molecule is Cc1ccc(C2=NN3C(=O)[C@H]4[C@@H](N=C3c3ccccc32)[C@@H]2C=C[C@H]4C2)cc1. The van der Waals surface area contributed by atoms with Crippen molar-refractivity contribution in [3.63, 3.8) is 0 Å². The predicted molar refractivity (Wildman–Crippen MR) is 105 cm³/mol. The second-order valence-electron chi connectivity index (χ2n) is 7.93. The van der Waals surface area contributed by atoms with Gasteiger partial charge in [-0.1, -0.05) is 66.2 Å². The lowest BCUT2D eigenvalue weighted by Crippen LogP contribution is -2.50. The van der Waals surface area contributed by atoms with E-state index in [9.17, 15) is 4.79 Å². The number of aliphatic imine (C=N–C) groups is 1. The van der Waals surface area contributed by atoms with Crippen LogP contribution in [0.5, 0.6) is 0 Å². The normalized spacial score (nSPS) is 29.8. The zero-order valence-electron chi connectivity index (χ0n) is 15.0. The van der Waals surface area contributed by atoms with Crippen molar-refractivity contribution in [1.29, 1.82) is 0 Å². The molecule has 2 aliphatic carbocycles. The van der Waals surface area contributed by atoms with Crippen LogP contribution >= 0.6 is 0 Å². The summed E-state index contributed by atoms with van der Waals surface area (Å²) in [6.07, 6.45) is 5.49. The van der Waals surface area contributed by atoms with Crippen LogP contribution in [0.15, 0.2) is 70.8 Å². The average Bonchev–Trinajstić information content (AvgIpc) is 3.31. The van der Waals surface area contributed by atoms with Crippen molar-refractivity contribution in [3.05, 3.63) is 82.9 Å². The Kier molecular flexibility index (Phi) is 2.94. The van der Waals surface area contributed by atoms with Gasteiger partial charge in [0.05, 0.1) is 17.7 Å². The number of benzene rings is 2. The van der Waals surface area contributed by atoms with Gasteiger partial charge in [0, 0.05) is 22.6 Å². The fraction of sp³-hybridized carbons (Fsp3) is 0.261. The number of rotatable bonds is 1. The molecule has 0 N–H and O–H groups in total. The monoisotopic (exact) mass is 353 g/mol. The molecule has 2 aliphatic heterocycles. The van der Waals surface area contributed by atoms with Crippen LogP contribution in [0.1, 0.15) is 28.7 Å². The van der Waals surface area contributed by atoms with Crippen LogP contribution < -0.4 is 0 Å². The summed E-state index contributed by atoms with van der Waals surface area (Å²) in [5, 5.41) is 6.39. The molecule has 0 saturated heterocycles. The lowest BCUT2D eigenvalue weighted by Gasteiger charge is -2.37. The van der Waals surface area contributed by atoms with Gasteiger partial charge in [-0.15, -0.1) is 0 Å². The van der Waals surface area contributed by atoms with Crippen LogP contribution in [0.25, 0.3) is 0 Å². The molecule has 2 aromatic rings. The van der Waals surface area contributed by atoms with Gasteiger partial charge in [-0.25, -0.2) is 0 Å². The van der Waals surface area contributed by atoms with E-state index in [0.29, 0.717) is 17.7 Å². The summed E-state index contributed by atoms with van der Waals surface area (Å²) in [4.78, 5) is 18.4. The fourth-order valence-corrected chi connectivity index (χ4v) is 4.99. The lowest BCUT2D eigenvalue weighted by atomic mass is 9.85. The van der Waals surface area contributed by atoms with E-state index in [1.54, 1.807) is 5.01 Å². The molecule has 0 radical (unpaired) electrons. The topological polar surface area (TPSA) is 45.0 Å². The second-order valence-corrected chi connectivity index (χ2v) is 7.93. The zero-order valence-corrected chi connectivity index (χ0v) is 15.0. The Hall–Kier alpha value is -3.01. The van der Waals surface area contributed by atoms with Gasteiger partial charge in [0.1, 0.15) is 0 Å². The Bertz CT molecular complexity index is 1060. The summed E-state index contributed by atoms with van der Waals surface area (Å²) in [7, 11) is 0. The van der Waals surface area contributed by atoms with Crippen LogP contribution in [0, 0.1) is 24.7 Å². The minimum atomic E-state index is -0.0583. The Morgan fingerprint density at radius 1 is 0.963 bits per heavy atom. The van der Waals surface area contributed by atoms with Crippen molar-refractivity contribution in [2.75, 3.05) is 0 Å². The van der Waals surface area contributed by atoms with Crippen LogP contribution in [0.2, 0.25) is 0 Å². The molecule has 4 atom stereocenters. The first-order valence-corrected chi connectivity index (χ1v) is 9.56. The second kappa shape index (κ2) is 5.26. The maximum atomic E-state index is 13.4. The molecule has 4 aliphatic rings. The Balaban J connectivity index is 1.55. The molecule has 4 nitrogen and oxygen atoms in total. The van der Waals surface area contributed by atoms with E-state index in [1.807, 2.05) is 12.1 Å². The van der Waals surface area contributed by atoms with Crippen molar-refractivity contribution in [2.45, 2.75) is 19.4 Å². The minimum absolute atomic E-state index is 0.0583. The number of allylic oxidation sites excluding steroid dienone is 1. The minimum Gasteiger partial charge on any atom is -0.272 e. The standard InChI is InChI=1S/C23H19N3O/c1-13-6-8-14(9-7-13)20-17-4-2-3-5-18(17)22-24-21-16-11-10-15(12-16)19(21)23(27)26(22)25-20/h2-11,15-16,19,21H,12H2,1H3/t15-,16+,19+,21-/m0/s1. The third-order valence-electron chi connectivity index (χ3n) is 6.33. The molecule has 2 heterocycles. The molecular formula is C23H19N3O. The largest absolute Gasteiger partial charge is 0.272 e. The summed E-state index contributed by atoms with van der Waals surface area (Å²) in [6, 6.07) is 16.5. The van der Waals surface area contributed by atoms with Gasteiger partial charge in [0.25, 0.3) is 5.91 Å². The van der Waals surface area contributed by atoms with Crippen LogP contribution in [-0.2, 0) is 4.79 Å². The summed E-state index contributed by atoms with van der Waals surface area (Å²) >= 11 is 0. The van der Waals surface area contributed by atoms with Gasteiger partial charge < -0.3 is 0 Å². The number of aryl methyl sites for hydroxylation is 1. The van der Waals surface area contributed by atoms with E-state index >= 15 is 0 Å². The van der Waals surface area contributed by atoms with Crippen LogP contribution in [0.4, 0.5) is 0 Å². The molecule has 1 fully saturated rings. The molecule has 0 aromatic heterocycles. The third kappa shape index (κ3) is 2.01. The molecule has 132 valence electrons.